The molecule has 10 heteroatoms. The number of Topliss-reactive ketones (excluding diaryl/α,β-unsaturated/α-hetero) is 1. The first kappa shape index (κ1) is 30.6. The first-order valence-corrected chi connectivity index (χ1v) is 13.0. The van der Waals surface area contributed by atoms with E-state index in [0.717, 1.165) is 23.2 Å². The number of carbonyl (C=O) groups excluding carboxylic acids is 4. The lowest BCUT2D eigenvalue weighted by Gasteiger charge is -2.27. The molecule has 2 aromatic rings. The number of alkyl halides is 3. The zero-order chi connectivity index (χ0) is 29.8. The van der Waals surface area contributed by atoms with Crippen LogP contribution in [0.4, 0.5) is 24.5 Å². The molecule has 0 N–H and O–H groups in total. The van der Waals surface area contributed by atoms with E-state index in [4.69, 9.17) is 4.74 Å². The molecule has 0 fully saturated rings. The molecular weight excluding hydrogens is 525 g/mol. The van der Waals surface area contributed by atoms with Crippen molar-refractivity contribution in [3.63, 3.8) is 0 Å². The SMILES string of the molecule is CC1CCc2c1cccc2C(F)(F)F.CCOC(=O)/C(=C/N(C(C)=O)c1ccc2c(c1)CCC(=O)N2C)C(C)=O. The fourth-order valence-corrected chi connectivity index (χ4v) is 4.89. The number of aryl methyl sites for hydroxylation is 1. The van der Waals surface area contributed by atoms with E-state index in [-0.39, 0.29) is 29.9 Å². The van der Waals surface area contributed by atoms with Crippen molar-refractivity contribution in [3.8, 4) is 0 Å². The molecule has 214 valence electrons. The van der Waals surface area contributed by atoms with E-state index in [1.54, 1.807) is 37.1 Å². The lowest BCUT2D eigenvalue weighted by Crippen LogP contribution is -2.31. The van der Waals surface area contributed by atoms with Gasteiger partial charge < -0.3 is 9.64 Å². The number of esters is 1. The Balaban J connectivity index is 0.000000263. The number of fused-ring (bicyclic) bond motifs is 2. The minimum Gasteiger partial charge on any atom is -0.462 e. The molecule has 1 aliphatic carbocycles. The fraction of sp³-hybridized carbons (Fsp3) is 0.400. The highest BCUT2D eigenvalue weighted by Gasteiger charge is 2.36. The minimum absolute atomic E-state index is 0.0368. The van der Waals surface area contributed by atoms with E-state index in [1.165, 1.54) is 37.1 Å². The summed E-state index contributed by atoms with van der Waals surface area (Å²) in [5, 5.41) is 0. The molecule has 2 aliphatic rings. The Hall–Kier alpha value is -3.95. The van der Waals surface area contributed by atoms with Crippen LogP contribution < -0.4 is 9.80 Å². The van der Waals surface area contributed by atoms with Gasteiger partial charge in [0.15, 0.2) is 5.78 Å². The first-order chi connectivity index (χ1) is 18.8. The highest BCUT2D eigenvalue weighted by molar-refractivity contribution is 6.17. The number of anilines is 2. The molecule has 7 nitrogen and oxygen atoms in total. The number of hydrogen-bond acceptors (Lipinski definition) is 5. The lowest BCUT2D eigenvalue weighted by molar-refractivity contribution is -0.140. The average molecular weight is 559 g/mol. The van der Waals surface area contributed by atoms with E-state index in [0.29, 0.717) is 30.5 Å². The Morgan fingerprint density at radius 3 is 2.40 bits per heavy atom. The number of carbonyl (C=O) groups is 4. The van der Waals surface area contributed by atoms with Crippen molar-refractivity contribution in [1.29, 1.82) is 0 Å². The quantitative estimate of drug-likeness (QED) is 0.202. The Kier molecular flexibility index (Phi) is 9.55. The fourth-order valence-electron chi connectivity index (χ4n) is 4.89. The van der Waals surface area contributed by atoms with Crippen LogP contribution in [-0.2, 0) is 42.9 Å². The number of rotatable bonds is 5. The van der Waals surface area contributed by atoms with Gasteiger partial charge in [-0.3, -0.25) is 19.3 Å². The van der Waals surface area contributed by atoms with Gasteiger partial charge in [-0.25, -0.2) is 4.79 Å². The summed E-state index contributed by atoms with van der Waals surface area (Å²) in [4.78, 5) is 50.5. The van der Waals surface area contributed by atoms with E-state index in [9.17, 15) is 32.3 Å². The summed E-state index contributed by atoms with van der Waals surface area (Å²) in [6.45, 7) is 6.33. The van der Waals surface area contributed by atoms with Crippen molar-refractivity contribution in [1.82, 2.24) is 0 Å². The summed E-state index contributed by atoms with van der Waals surface area (Å²) >= 11 is 0. The molecule has 0 aromatic heterocycles. The molecule has 0 saturated heterocycles. The molecule has 2 aromatic carbocycles. The van der Waals surface area contributed by atoms with Crippen LogP contribution in [0.1, 0.15) is 68.7 Å². The molecule has 1 heterocycles. The van der Waals surface area contributed by atoms with E-state index >= 15 is 0 Å². The van der Waals surface area contributed by atoms with Gasteiger partial charge >= 0.3 is 12.1 Å². The molecule has 0 spiro atoms. The Labute approximate surface area is 231 Å². The maximum absolute atomic E-state index is 12.6. The van der Waals surface area contributed by atoms with Crippen LogP contribution in [-0.4, -0.2) is 37.2 Å². The number of benzene rings is 2. The Morgan fingerprint density at radius 1 is 1.10 bits per heavy atom. The zero-order valence-electron chi connectivity index (χ0n) is 23.2. The topological polar surface area (TPSA) is 84.0 Å². The monoisotopic (exact) mass is 558 g/mol. The number of halogens is 3. The predicted octanol–water partition coefficient (Wildman–Crippen LogP) is 5.74. The molecule has 1 aliphatic heterocycles. The summed E-state index contributed by atoms with van der Waals surface area (Å²) < 4.78 is 42.6. The van der Waals surface area contributed by atoms with Crippen LogP contribution in [0.5, 0.6) is 0 Å². The molecular formula is C30H33F3N2O5. The third-order valence-corrected chi connectivity index (χ3v) is 7.03. The Morgan fingerprint density at radius 2 is 1.80 bits per heavy atom. The van der Waals surface area contributed by atoms with Crippen LogP contribution in [0.2, 0.25) is 0 Å². The number of nitrogens with zero attached hydrogens (tertiary/aromatic N) is 2. The number of hydrogen-bond donors (Lipinski definition) is 0. The molecule has 0 saturated carbocycles. The predicted molar refractivity (Wildman–Crippen MR) is 145 cm³/mol. The van der Waals surface area contributed by atoms with Gasteiger partial charge in [0.2, 0.25) is 11.8 Å². The van der Waals surface area contributed by atoms with Crippen LogP contribution >= 0.6 is 0 Å². The van der Waals surface area contributed by atoms with Crippen LogP contribution in [0.15, 0.2) is 48.2 Å². The van der Waals surface area contributed by atoms with Crippen molar-refractivity contribution in [2.24, 2.45) is 0 Å². The van der Waals surface area contributed by atoms with Gasteiger partial charge in [-0.15, -0.1) is 0 Å². The Bertz CT molecular complexity index is 1350. The lowest BCUT2D eigenvalue weighted by atomic mass is 10.00. The van der Waals surface area contributed by atoms with Gasteiger partial charge in [0, 0.05) is 38.0 Å². The van der Waals surface area contributed by atoms with Gasteiger partial charge in [0.05, 0.1) is 12.2 Å². The summed E-state index contributed by atoms with van der Waals surface area (Å²) in [5.74, 6) is -1.30. The smallest absolute Gasteiger partial charge is 0.416 e. The molecule has 0 radical (unpaired) electrons. The van der Waals surface area contributed by atoms with Gasteiger partial charge in [0.25, 0.3) is 0 Å². The molecule has 2 amide bonds. The van der Waals surface area contributed by atoms with E-state index in [1.807, 2.05) is 13.0 Å². The number of ether oxygens (including phenoxy) is 1. The van der Waals surface area contributed by atoms with E-state index < -0.39 is 23.5 Å². The van der Waals surface area contributed by atoms with Gasteiger partial charge in [-0.1, -0.05) is 19.1 Å². The minimum atomic E-state index is -4.20. The van der Waals surface area contributed by atoms with E-state index in [2.05, 4.69) is 0 Å². The normalized spacial score (nSPS) is 16.4. The molecule has 40 heavy (non-hydrogen) atoms. The van der Waals surface area contributed by atoms with Gasteiger partial charge in [0.1, 0.15) is 5.57 Å². The molecule has 1 atom stereocenters. The van der Waals surface area contributed by atoms with Gasteiger partial charge in [-0.2, -0.15) is 13.2 Å². The number of amides is 2. The summed E-state index contributed by atoms with van der Waals surface area (Å²) in [5.41, 5.74) is 2.96. The first-order valence-electron chi connectivity index (χ1n) is 13.0. The van der Waals surface area contributed by atoms with Crippen molar-refractivity contribution in [2.75, 3.05) is 23.5 Å². The zero-order valence-corrected chi connectivity index (χ0v) is 23.2. The third kappa shape index (κ3) is 6.78. The van der Waals surface area contributed by atoms with Crippen LogP contribution in [0.25, 0.3) is 0 Å². The molecule has 0 bridgehead atoms. The summed E-state index contributed by atoms with van der Waals surface area (Å²) in [6, 6.07) is 9.71. The third-order valence-electron chi connectivity index (χ3n) is 7.03. The van der Waals surface area contributed by atoms with Crippen molar-refractivity contribution in [3.05, 3.63) is 70.4 Å². The van der Waals surface area contributed by atoms with Crippen molar-refractivity contribution >= 4 is 34.9 Å². The highest BCUT2D eigenvalue weighted by Crippen LogP contribution is 2.41. The second kappa shape index (κ2) is 12.5. The highest BCUT2D eigenvalue weighted by atomic mass is 19.4. The van der Waals surface area contributed by atoms with Crippen LogP contribution in [0.3, 0.4) is 0 Å². The maximum Gasteiger partial charge on any atom is 0.416 e. The second-order valence-electron chi connectivity index (χ2n) is 9.79. The average Bonchev–Trinajstić information content (AvgIpc) is 3.27. The summed E-state index contributed by atoms with van der Waals surface area (Å²) in [6.07, 6.45) is -0.629. The van der Waals surface area contributed by atoms with Crippen molar-refractivity contribution in [2.45, 2.75) is 65.5 Å². The standard InChI is InChI=1S/C19H22N2O5.C11H11F3/c1-5-26-19(25)16(12(2)22)11-21(13(3)23)15-7-8-17-14(10-15)6-9-18(24)20(17)4;1-7-5-6-9-8(7)3-2-4-10(9)11(12,13)14/h7-8,10-11H,5-6,9H2,1-4H3;2-4,7H,5-6H2,1H3/b16-11+;. The molecule has 1 unspecified atom stereocenters. The van der Waals surface area contributed by atoms with Crippen molar-refractivity contribution < 1.29 is 37.1 Å². The van der Waals surface area contributed by atoms with Gasteiger partial charge in [-0.05, 0) is 80.0 Å². The number of ketones is 1. The maximum atomic E-state index is 12.6. The van der Waals surface area contributed by atoms with Crippen LogP contribution in [0, 0.1) is 0 Å². The largest absolute Gasteiger partial charge is 0.462 e. The second-order valence-corrected chi connectivity index (χ2v) is 9.79. The molecule has 4 rings (SSSR count). The summed E-state index contributed by atoms with van der Waals surface area (Å²) in [7, 11) is 1.71.